The molecule has 0 aromatic rings. The van der Waals surface area contributed by atoms with Crippen LogP contribution in [-0.4, -0.2) is 67.5 Å². The molecule has 0 aliphatic carbocycles. The van der Waals surface area contributed by atoms with Crippen LogP contribution in [0, 0.1) is 0 Å². The van der Waals surface area contributed by atoms with Crippen LogP contribution < -0.4 is 5.32 Å². The molecule has 0 amide bonds. The van der Waals surface area contributed by atoms with Crippen molar-refractivity contribution in [2.24, 2.45) is 0 Å². The third-order valence-corrected chi connectivity index (χ3v) is 5.89. The Balaban J connectivity index is 2.08. The average molecular weight is 277 g/mol. The van der Waals surface area contributed by atoms with Crippen molar-refractivity contribution in [2.45, 2.75) is 37.8 Å². The number of rotatable bonds is 3. The van der Waals surface area contributed by atoms with E-state index < -0.39 is 16.3 Å². The van der Waals surface area contributed by atoms with E-state index in [0.717, 1.165) is 25.7 Å². The van der Waals surface area contributed by atoms with Gasteiger partial charge in [-0.2, -0.15) is 17.0 Å². The standard InChI is InChI=1S/C11H23N3O3S/c1-13(10-8-12-9-11(10)15)18(16,17)14-6-4-2-3-5-7-14/h10-12,15H,2-9H2,1H3/t10-,11-/m0/s1. The van der Waals surface area contributed by atoms with Crippen LogP contribution >= 0.6 is 0 Å². The Morgan fingerprint density at radius 3 is 2.28 bits per heavy atom. The minimum absolute atomic E-state index is 0.349. The lowest BCUT2D eigenvalue weighted by Gasteiger charge is -2.31. The Morgan fingerprint density at radius 2 is 1.78 bits per heavy atom. The van der Waals surface area contributed by atoms with Crippen molar-refractivity contribution in [2.75, 3.05) is 33.2 Å². The van der Waals surface area contributed by atoms with Crippen molar-refractivity contribution in [1.29, 1.82) is 0 Å². The van der Waals surface area contributed by atoms with E-state index in [9.17, 15) is 13.5 Å². The highest BCUT2D eigenvalue weighted by atomic mass is 32.2. The van der Waals surface area contributed by atoms with Crippen molar-refractivity contribution in [3.63, 3.8) is 0 Å². The van der Waals surface area contributed by atoms with Gasteiger partial charge in [0.25, 0.3) is 10.2 Å². The summed E-state index contributed by atoms with van der Waals surface area (Å²) in [6.07, 6.45) is 3.45. The van der Waals surface area contributed by atoms with E-state index in [1.165, 1.54) is 4.31 Å². The Bertz CT molecular complexity index is 366. The fourth-order valence-electron chi connectivity index (χ4n) is 2.65. The van der Waals surface area contributed by atoms with Gasteiger partial charge in [-0.3, -0.25) is 0 Å². The predicted octanol–water partition coefficient (Wildman–Crippen LogP) is -0.628. The van der Waals surface area contributed by atoms with Crippen molar-refractivity contribution in [3.8, 4) is 0 Å². The lowest BCUT2D eigenvalue weighted by molar-refractivity contribution is 0.133. The number of nitrogens with zero attached hydrogens (tertiary/aromatic N) is 2. The van der Waals surface area contributed by atoms with Gasteiger partial charge in [0.15, 0.2) is 0 Å². The molecule has 2 N–H and O–H groups in total. The molecule has 2 fully saturated rings. The Kier molecular flexibility index (Phi) is 4.60. The molecule has 2 rings (SSSR count). The summed E-state index contributed by atoms with van der Waals surface area (Å²) in [5, 5.41) is 12.8. The highest BCUT2D eigenvalue weighted by Crippen LogP contribution is 2.19. The van der Waals surface area contributed by atoms with Gasteiger partial charge < -0.3 is 10.4 Å². The van der Waals surface area contributed by atoms with Crippen LogP contribution in [0.25, 0.3) is 0 Å². The molecule has 0 spiro atoms. The Labute approximate surface area is 109 Å². The second-order valence-electron chi connectivity index (χ2n) is 5.13. The van der Waals surface area contributed by atoms with E-state index in [4.69, 9.17) is 0 Å². The largest absolute Gasteiger partial charge is 0.390 e. The summed E-state index contributed by atoms with van der Waals surface area (Å²) < 4.78 is 27.9. The van der Waals surface area contributed by atoms with Crippen LogP contribution in [0.4, 0.5) is 0 Å². The highest BCUT2D eigenvalue weighted by Gasteiger charge is 2.37. The van der Waals surface area contributed by atoms with Gasteiger partial charge in [0, 0.05) is 33.2 Å². The second kappa shape index (κ2) is 5.83. The van der Waals surface area contributed by atoms with E-state index in [2.05, 4.69) is 5.32 Å². The summed E-state index contributed by atoms with van der Waals surface area (Å²) in [5.41, 5.74) is 0. The van der Waals surface area contributed by atoms with Gasteiger partial charge in [-0.15, -0.1) is 0 Å². The molecule has 2 atom stereocenters. The predicted molar refractivity (Wildman–Crippen MR) is 69.4 cm³/mol. The van der Waals surface area contributed by atoms with Crippen molar-refractivity contribution in [3.05, 3.63) is 0 Å². The van der Waals surface area contributed by atoms with E-state index >= 15 is 0 Å². The number of hydrogen-bond donors (Lipinski definition) is 2. The molecule has 2 aliphatic heterocycles. The van der Waals surface area contributed by atoms with Crippen LogP contribution in [0.2, 0.25) is 0 Å². The Hall–Kier alpha value is -0.210. The first-order valence-corrected chi connectivity index (χ1v) is 8.05. The number of hydrogen-bond acceptors (Lipinski definition) is 4. The zero-order valence-corrected chi connectivity index (χ0v) is 11.7. The lowest BCUT2D eigenvalue weighted by atomic mass is 10.2. The van der Waals surface area contributed by atoms with E-state index in [-0.39, 0.29) is 6.04 Å². The van der Waals surface area contributed by atoms with Crippen molar-refractivity contribution >= 4 is 10.2 Å². The molecule has 0 unspecified atom stereocenters. The van der Waals surface area contributed by atoms with Crippen molar-refractivity contribution < 1.29 is 13.5 Å². The first-order chi connectivity index (χ1) is 8.53. The summed E-state index contributed by atoms with van der Waals surface area (Å²) in [6.45, 7) is 2.18. The third-order valence-electron chi connectivity index (χ3n) is 3.87. The number of aliphatic hydroxyl groups excluding tert-OH is 1. The second-order valence-corrected chi connectivity index (χ2v) is 7.12. The van der Waals surface area contributed by atoms with E-state index in [1.807, 2.05) is 0 Å². The van der Waals surface area contributed by atoms with Crippen LogP contribution in [-0.2, 0) is 10.2 Å². The molecular formula is C11H23N3O3S. The molecule has 0 aromatic heterocycles. The van der Waals surface area contributed by atoms with Gasteiger partial charge in [-0.25, -0.2) is 0 Å². The van der Waals surface area contributed by atoms with Gasteiger partial charge in [0.1, 0.15) is 0 Å². The molecular weight excluding hydrogens is 254 g/mol. The zero-order chi connectivity index (χ0) is 13.2. The van der Waals surface area contributed by atoms with Gasteiger partial charge in [0.2, 0.25) is 0 Å². The first kappa shape index (κ1) is 14.2. The molecule has 7 heteroatoms. The number of β-amino-alcohol motifs (C(OH)–C–C–N with tert-alkyl or cyclic N) is 1. The van der Waals surface area contributed by atoms with Gasteiger partial charge >= 0.3 is 0 Å². The summed E-state index contributed by atoms with van der Waals surface area (Å²) >= 11 is 0. The molecule has 2 saturated heterocycles. The molecule has 6 nitrogen and oxygen atoms in total. The number of likely N-dealkylation sites (N-methyl/N-ethyl adjacent to an activating group) is 1. The zero-order valence-electron chi connectivity index (χ0n) is 10.9. The molecule has 106 valence electrons. The summed E-state index contributed by atoms with van der Waals surface area (Å²) in [5.74, 6) is 0. The third kappa shape index (κ3) is 2.85. The fraction of sp³-hybridized carbons (Fsp3) is 1.00. The van der Waals surface area contributed by atoms with Crippen LogP contribution in [0.5, 0.6) is 0 Å². The summed E-state index contributed by atoms with van der Waals surface area (Å²) in [7, 11) is -1.86. The quantitative estimate of drug-likeness (QED) is 0.720. The molecule has 0 aromatic carbocycles. The van der Waals surface area contributed by atoms with Crippen molar-refractivity contribution in [1.82, 2.24) is 13.9 Å². The monoisotopic (exact) mass is 277 g/mol. The summed E-state index contributed by atoms with van der Waals surface area (Å²) in [6, 6.07) is -0.349. The topological polar surface area (TPSA) is 72.9 Å². The number of nitrogens with one attached hydrogen (secondary N) is 1. The maximum absolute atomic E-state index is 12.5. The molecule has 2 heterocycles. The molecule has 0 bridgehead atoms. The smallest absolute Gasteiger partial charge is 0.282 e. The van der Waals surface area contributed by atoms with Gasteiger partial charge in [-0.1, -0.05) is 12.8 Å². The average Bonchev–Trinajstić information content (AvgIpc) is 2.61. The SMILES string of the molecule is CN([C@H]1CNC[C@@H]1O)S(=O)(=O)N1CCCCCC1. The minimum atomic E-state index is -3.44. The van der Waals surface area contributed by atoms with Crippen LogP contribution in [0.15, 0.2) is 0 Å². The van der Waals surface area contributed by atoms with Gasteiger partial charge in [0.05, 0.1) is 12.1 Å². The molecule has 0 saturated carbocycles. The first-order valence-electron chi connectivity index (χ1n) is 6.65. The maximum Gasteiger partial charge on any atom is 0.282 e. The molecule has 18 heavy (non-hydrogen) atoms. The summed E-state index contributed by atoms with van der Waals surface area (Å²) in [4.78, 5) is 0. The van der Waals surface area contributed by atoms with Crippen LogP contribution in [0.1, 0.15) is 25.7 Å². The lowest BCUT2D eigenvalue weighted by Crippen LogP contribution is -2.50. The van der Waals surface area contributed by atoms with E-state index in [1.54, 1.807) is 11.4 Å². The fourth-order valence-corrected chi connectivity index (χ4v) is 4.29. The maximum atomic E-state index is 12.5. The number of aliphatic hydroxyl groups is 1. The normalized spacial score (nSPS) is 31.7. The molecule has 0 radical (unpaired) electrons. The van der Waals surface area contributed by atoms with Gasteiger partial charge in [-0.05, 0) is 12.8 Å². The Morgan fingerprint density at radius 1 is 1.17 bits per heavy atom. The molecule has 2 aliphatic rings. The van der Waals surface area contributed by atoms with Crippen LogP contribution in [0.3, 0.4) is 0 Å². The van der Waals surface area contributed by atoms with E-state index in [0.29, 0.717) is 26.2 Å². The minimum Gasteiger partial charge on any atom is -0.390 e. The highest BCUT2D eigenvalue weighted by molar-refractivity contribution is 7.86.